The van der Waals surface area contributed by atoms with Crippen LogP contribution in [-0.4, -0.2) is 18.8 Å². The second kappa shape index (κ2) is 4.87. The molecular weight excluding hydrogens is 364 g/mol. The van der Waals surface area contributed by atoms with Gasteiger partial charge in [-0.3, -0.25) is 0 Å². The molecule has 1 aromatic carbocycles. The third-order valence-electron chi connectivity index (χ3n) is 2.91. The lowest BCUT2D eigenvalue weighted by Crippen LogP contribution is -2.43. The Kier molecular flexibility index (Phi) is 3.31. The van der Waals surface area contributed by atoms with Crippen LogP contribution in [-0.2, 0) is 16.6 Å². The second-order valence-corrected chi connectivity index (χ2v) is 8.20. The molecule has 2 amide bonds. The van der Waals surface area contributed by atoms with E-state index in [0.29, 0.717) is 9.47 Å². The fourth-order valence-corrected chi connectivity index (χ4v) is 5.18. The van der Waals surface area contributed by atoms with Gasteiger partial charge in [0.2, 0.25) is 0 Å². The molecule has 0 aliphatic carbocycles. The number of carbonyl (C=O) groups is 1. The Labute approximate surface area is 128 Å². The van der Waals surface area contributed by atoms with Crippen molar-refractivity contribution < 1.29 is 13.2 Å². The predicted octanol–water partition coefficient (Wildman–Crippen LogP) is 3.25. The topological polar surface area (TPSA) is 66.5 Å². The third-order valence-corrected chi connectivity index (χ3v) is 6.53. The SMILES string of the molecule is O=C1Nc2c(csc2Br)S(=O)(=O)N1Cc1ccccc1. The van der Waals surface area contributed by atoms with Crippen LogP contribution in [0.3, 0.4) is 0 Å². The summed E-state index contributed by atoms with van der Waals surface area (Å²) in [6.07, 6.45) is 0. The summed E-state index contributed by atoms with van der Waals surface area (Å²) in [7, 11) is -3.81. The molecule has 0 radical (unpaired) electrons. The molecule has 0 spiro atoms. The van der Waals surface area contributed by atoms with Crippen molar-refractivity contribution in [1.29, 1.82) is 0 Å². The Morgan fingerprint density at radius 1 is 1.25 bits per heavy atom. The fraction of sp³-hybridized carbons (Fsp3) is 0.0833. The minimum absolute atomic E-state index is 0.0158. The van der Waals surface area contributed by atoms with Crippen molar-refractivity contribution in [3.05, 3.63) is 45.1 Å². The zero-order valence-corrected chi connectivity index (χ0v) is 13.3. The zero-order chi connectivity index (χ0) is 14.3. The number of amides is 2. The van der Waals surface area contributed by atoms with E-state index in [2.05, 4.69) is 21.2 Å². The molecule has 104 valence electrons. The van der Waals surface area contributed by atoms with E-state index in [4.69, 9.17) is 0 Å². The number of halogens is 1. The molecule has 1 N–H and O–H groups in total. The Morgan fingerprint density at radius 2 is 1.95 bits per heavy atom. The van der Waals surface area contributed by atoms with Crippen LogP contribution >= 0.6 is 27.3 Å². The van der Waals surface area contributed by atoms with Crippen LogP contribution in [0.5, 0.6) is 0 Å². The van der Waals surface area contributed by atoms with Crippen molar-refractivity contribution in [3.8, 4) is 0 Å². The number of anilines is 1. The maximum Gasteiger partial charge on any atom is 0.336 e. The molecule has 20 heavy (non-hydrogen) atoms. The van der Waals surface area contributed by atoms with Crippen LogP contribution in [0, 0.1) is 0 Å². The second-order valence-electron chi connectivity index (χ2n) is 4.18. The zero-order valence-electron chi connectivity index (χ0n) is 10.0. The van der Waals surface area contributed by atoms with Gasteiger partial charge in [0.05, 0.1) is 16.0 Å². The first-order valence-electron chi connectivity index (χ1n) is 5.65. The normalized spacial score (nSPS) is 16.6. The Bertz CT molecular complexity index is 771. The standard InChI is InChI=1S/C12H9BrN2O3S2/c13-11-10-9(7-19-11)20(17,18)15(12(16)14-10)6-8-4-2-1-3-5-8/h1-5,7H,6H2,(H,14,16). The van der Waals surface area contributed by atoms with Crippen molar-refractivity contribution >= 4 is 49.0 Å². The highest BCUT2D eigenvalue weighted by molar-refractivity contribution is 9.11. The van der Waals surface area contributed by atoms with Crippen molar-refractivity contribution in [3.63, 3.8) is 0 Å². The van der Waals surface area contributed by atoms with E-state index >= 15 is 0 Å². The van der Waals surface area contributed by atoms with E-state index < -0.39 is 16.1 Å². The van der Waals surface area contributed by atoms with E-state index in [1.807, 2.05) is 6.07 Å². The van der Waals surface area contributed by atoms with Crippen LogP contribution in [0.25, 0.3) is 0 Å². The van der Waals surface area contributed by atoms with Crippen LogP contribution in [0.1, 0.15) is 5.56 Å². The van der Waals surface area contributed by atoms with Crippen LogP contribution < -0.4 is 5.32 Å². The number of hydrogen-bond donors (Lipinski definition) is 1. The molecule has 1 aromatic heterocycles. The quantitative estimate of drug-likeness (QED) is 0.879. The van der Waals surface area contributed by atoms with Gasteiger partial charge in [0, 0.05) is 5.38 Å². The molecule has 3 rings (SSSR count). The van der Waals surface area contributed by atoms with Gasteiger partial charge in [-0.05, 0) is 21.5 Å². The number of thiophene rings is 1. The van der Waals surface area contributed by atoms with Gasteiger partial charge >= 0.3 is 6.03 Å². The lowest BCUT2D eigenvalue weighted by atomic mass is 10.2. The molecule has 2 aromatic rings. The van der Waals surface area contributed by atoms with Crippen molar-refractivity contribution in [1.82, 2.24) is 4.31 Å². The maximum atomic E-state index is 12.5. The first-order valence-corrected chi connectivity index (χ1v) is 8.76. The molecule has 5 nitrogen and oxygen atoms in total. The third kappa shape index (κ3) is 2.13. The number of sulfonamides is 1. The molecule has 0 fully saturated rings. The summed E-state index contributed by atoms with van der Waals surface area (Å²) in [5.41, 5.74) is 1.08. The molecule has 8 heteroatoms. The van der Waals surface area contributed by atoms with Gasteiger partial charge in [-0.25, -0.2) is 17.5 Å². The minimum Gasteiger partial charge on any atom is -0.304 e. The van der Waals surface area contributed by atoms with Crippen LogP contribution in [0.2, 0.25) is 0 Å². The van der Waals surface area contributed by atoms with Gasteiger partial charge in [0.1, 0.15) is 4.90 Å². The number of benzene rings is 1. The summed E-state index contributed by atoms with van der Waals surface area (Å²) >= 11 is 4.47. The van der Waals surface area contributed by atoms with Gasteiger partial charge in [0.15, 0.2) is 0 Å². The molecule has 0 unspecified atom stereocenters. The van der Waals surface area contributed by atoms with Gasteiger partial charge < -0.3 is 5.32 Å². The Balaban J connectivity index is 2.03. The van der Waals surface area contributed by atoms with Crippen LogP contribution in [0.4, 0.5) is 10.5 Å². The summed E-state index contributed by atoms with van der Waals surface area (Å²) < 4.78 is 26.4. The molecule has 1 aliphatic heterocycles. The number of fused-ring (bicyclic) bond motifs is 1. The number of nitrogens with zero attached hydrogens (tertiary/aromatic N) is 1. The molecular formula is C12H9BrN2O3S2. The highest BCUT2D eigenvalue weighted by Gasteiger charge is 2.38. The Hall–Kier alpha value is -1.38. The summed E-state index contributed by atoms with van der Waals surface area (Å²) in [6, 6.07) is 8.36. The van der Waals surface area contributed by atoms with Crippen LogP contribution in [0.15, 0.2) is 44.4 Å². The summed E-state index contributed by atoms with van der Waals surface area (Å²) in [5.74, 6) is 0. The lowest BCUT2D eigenvalue weighted by Gasteiger charge is -2.27. The van der Waals surface area contributed by atoms with E-state index in [0.717, 1.165) is 9.87 Å². The number of nitrogens with one attached hydrogen (secondary N) is 1. The summed E-state index contributed by atoms with van der Waals surface area (Å²) in [5, 5.41) is 4.13. The van der Waals surface area contributed by atoms with E-state index in [9.17, 15) is 13.2 Å². The molecule has 0 saturated carbocycles. The summed E-state index contributed by atoms with van der Waals surface area (Å²) in [6.45, 7) is 0.0158. The maximum absolute atomic E-state index is 12.5. The average molecular weight is 373 g/mol. The van der Waals surface area contributed by atoms with Crippen molar-refractivity contribution in [2.45, 2.75) is 11.4 Å². The number of urea groups is 1. The van der Waals surface area contributed by atoms with Crippen molar-refractivity contribution in [2.75, 3.05) is 5.32 Å². The lowest BCUT2D eigenvalue weighted by molar-refractivity contribution is 0.233. The van der Waals surface area contributed by atoms with Gasteiger partial charge in [-0.1, -0.05) is 30.3 Å². The molecule has 0 atom stereocenters. The Morgan fingerprint density at radius 3 is 2.65 bits per heavy atom. The smallest absolute Gasteiger partial charge is 0.304 e. The van der Waals surface area contributed by atoms with Gasteiger partial charge in [-0.15, -0.1) is 11.3 Å². The first-order chi connectivity index (χ1) is 9.50. The molecule has 1 aliphatic rings. The largest absolute Gasteiger partial charge is 0.336 e. The van der Waals surface area contributed by atoms with E-state index in [1.54, 1.807) is 24.3 Å². The molecule has 0 bridgehead atoms. The van der Waals surface area contributed by atoms with E-state index in [1.165, 1.54) is 16.7 Å². The van der Waals surface area contributed by atoms with Gasteiger partial charge in [0.25, 0.3) is 10.0 Å². The highest BCUT2D eigenvalue weighted by Crippen LogP contribution is 2.40. The predicted molar refractivity (Wildman–Crippen MR) is 80.2 cm³/mol. The number of hydrogen-bond acceptors (Lipinski definition) is 4. The fourth-order valence-electron chi connectivity index (χ4n) is 1.92. The van der Waals surface area contributed by atoms with E-state index in [-0.39, 0.29) is 11.4 Å². The number of rotatable bonds is 2. The monoisotopic (exact) mass is 372 g/mol. The highest BCUT2D eigenvalue weighted by atomic mass is 79.9. The van der Waals surface area contributed by atoms with Gasteiger partial charge in [-0.2, -0.15) is 0 Å². The first kappa shape index (κ1) is 13.6. The molecule has 2 heterocycles. The summed E-state index contributed by atoms with van der Waals surface area (Å²) in [4.78, 5) is 12.2. The average Bonchev–Trinajstić information content (AvgIpc) is 2.78. The minimum atomic E-state index is -3.81. The number of carbonyl (C=O) groups excluding carboxylic acids is 1. The molecule has 0 saturated heterocycles. The van der Waals surface area contributed by atoms with Crippen molar-refractivity contribution in [2.24, 2.45) is 0 Å².